The molecule has 1 amide bonds. The molecule has 19 heavy (non-hydrogen) atoms. The number of nitrogen functional groups attached to an aromatic ring is 1. The Morgan fingerprint density at radius 1 is 1.37 bits per heavy atom. The summed E-state index contributed by atoms with van der Waals surface area (Å²) >= 11 is 11.7. The number of hydrogen-bond donors (Lipinski definition) is 2. The van der Waals surface area contributed by atoms with Crippen LogP contribution >= 0.6 is 23.2 Å². The molecule has 1 aromatic rings. The minimum Gasteiger partial charge on any atom is -0.466 e. The summed E-state index contributed by atoms with van der Waals surface area (Å²) < 4.78 is 4.73. The highest BCUT2D eigenvalue weighted by Gasteiger charge is 2.14. The lowest BCUT2D eigenvalue weighted by Gasteiger charge is -2.08. The summed E-state index contributed by atoms with van der Waals surface area (Å²) in [4.78, 5) is 22.9. The van der Waals surface area contributed by atoms with Gasteiger partial charge >= 0.3 is 5.97 Å². The molecular formula is C12H14Cl2N2O3. The summed E-state index contributed by atoms with van der Waals surface area (Å²) in [6.45, 7) is 2.18. The average molecular weight is 305 g/mol. The van der Waals surface area contributed by atoms with Gasteiger partial charge in [-0.15, -0.1) is 0 Å². The van der Waals surface area contributed by atoms with E-state index in [0.29, 0.717) is 12.3 Å². The van der Waals surface area contributed by atoms with Crippen molar-refractivity contribution in [3.05, 3.63) is 27.7 Å². The van der Waals surface area contributed by atoms with Crippen LogP contribution < -0.4 is 11.1 Å². The van der Waals surface area contributed by atoms with Gasteiger partial charge in [0.05, 0.1) is 28.6 Å². The van der Waals surface area contributed by atoms with Crippen molar-refractivity contribution in [2.75, 3.05) is 18.9 Å². The Balaban J connectivity index is 2.62. The molecule has 0 fully saturated rings. The van der Waals surface area contributed by atoms with Crippen LogP contribution in [0.4, 0.5) is 5.69 Å². The first kappa shape index (κ1) is 15.6. The van der Waals surface area contributed by atoms with E-state index < -0.39 is 5.91 Å². The molecule has 0 heterocycles. The lowest BCUT2D eigenvalue weighted by atomic mass is 10.2. The minimum absolute atomic E-state index is 0.0905. The zero-order valence-corrected chi connectivity index (χ0v) is 11.8. The number of nitrogens with one attached hydrogen (secondary N) is 1. The standard InChI is InChI=1S/C12H14Cl2N2O3/c1-2-19-10(17)3-4-16-12(18)8-5-7(15)6-9(13)11(8)14/h5-6H,2-4,15H2,1H3,(H,16,18). The van der Waals surface area contributed by atoms with Crippen LogP contribution in [0.15, 0.2) is 12.1 Å². The quantitative estimate of drug-likeness (QED) is 0.646. The van der Waals surface area contributed by atoms with Crippen molar-refractivity contribution < 1.29 is 14.3 Å². The van der Waals surface area contributed by atoms with Crippen LogP contribution in [0.25, 0.3) is 0 Å². The van der Waals surface area contributed by atoms with Crippen LogP contribution in [0.3, 0.4) is 0 Å². The largest absolute Gasteiger partial charge is 0.466 e. The molecule has 0 saturated carbocycles. The lowest BCUT2D eigenvalue weighted by Crippen LogP contribution is -2.27. The second-order valence-electron chi connectivity index (χ2n) is 3.68. The molecule has 3 N–H and O–H groups in total. The van der Waals surface area contributed by atoms with Gasteiger partial charge in [-0.05, 0) is 19.1 Å². The summed E-state index contributed by atoms with van der Waals surface area (Å²) in [6.07, 6.45) is 0.0905. The lowest BCUT2D eigenvalue weighted by molar-refractivity contribution is -0.142. The summed E-state index contributed by atoms with van der Waals surface area (Å²) in [6, 6.07) is 2.88. The van der Waals surface area contributed by atoms with Crippen LogP contribution in [0.1, 0.15) is 23.7 Å². The molecule has 104 valence electrons. The predicted molar refractivity (Wildman–Crippen MR) is 74.5 cm³/mol. The molecule has 5 nitrogen and oxygen atoms in total. The normalized spacial score (nSPS) is 10.1. The summed E-state index contributed by atoms with van der Waals surface area (Å²) in [5, 5.41) is 2.88. The third kappa shape index (κ3) is 4.61. The van der Waals surface area contributed by atoms with Crippen molar-refractivity contribution in [3.8, 4) is 0 Å². The first-order valence-electron chi connectivity index (χ1n) is 5.64. The molecule has 0 radical (unpaired) electrons. The van der Waals surface area contributed by atoms with Crippen LogP contribution in [0, 0.1) is 0 Å². The Hall–Kier alpha value is -1.46. The SMILES string of the molecule is CCOC(=O)CCNC(=O)c1cc(N)cc(Cl)c1Cl. The van der Waals surface area contributed by atoms with Gasteiger partial charge in [-0.2, -0.15) is 0 Å². The van der Waals surface area contributed by atoms with Gasteiger partial charge in [0.1, 0.15) is 0 Å². The van der Waals surface area contributed by atoms with E-state index in [1.54, 1.807) is 6.92 Å². The molecule has 1 rings (SSSR count). The van der Waals surface area contributed by atoms with Gasteiger partial charge in [-0.3, -0.25) is 9.59 Å². The third-order valence-electron chi connectivity index (χ3n) is 2.22. The number of nitrogens with two attached hydrogens (primary N) is 1. The van der Waals surface area contributed by atoms with Gasteiger partial charge < -0.3 is 15.8 Å². The predicted octanol–water partition coefficient (Wildman–Crippen LogP) is 2.26. The first-order chi connectivity index (χ1) is 8.95. The second kappa shape index (κ2) is 7.21. The van der Waals surface area contributed by atoms with Crippen molar-refractivity contribution in [2.24, 2.45) is 0 Å². The van der Waals surface area contributed by atoms with E-state index in [1.165, 1.54) is 12.1 Å². The number of benzene rings is 1. The highest BCUT2D eigenvalue weighted by molar-refractivity contribution is 6.44. The summed E-state index contributed by atoms with van der Waals surface area (Å²) in [5.74, 6) is -0.817. The molecular weight excluding hydrogens is 291 g/mol. The fourth-order valence-corrected chi connectivity index (χ4v) is 1.80. The molecule has 0 aliphatic carbocycles. The first-order valence-corrected chi connectivity index (χ1v) is 6.39. The minimum atomic E-state index is -0.441. The zero-order chi connectivity index (χ0) is 14.4. The highest BCUT2D eigenvalue weighted by Crippen LogP contribution is 2.28. The molecule has 0 bridgehead atoms. The van der Waals surface area contributed by atoms with E-state index in [1.807, 2.05) is 0 Å². The van der Waals surface area contributed by atoms with Crippen molar-refractivity contribution in [1.29, 1.82) is 0 Å². The molecule has 1 aromatic carbocycles. The van der Waals surface area contributed by atoms with E-state index in [0.717, 1.165) is 0 Å². The van der Waals surface area contributed by atoms with Gasteiger partial charge in [0, 0.05) is 12.2 Å². The number of rotatable bonds is 5. The van der Waals surface area contributed by atoms with Gasteiger partial charge in [-0.1, -0.05) is 23.2 Å². The number of amides is 1. The van der Waals surface area contributed by atoms with Crippen molar-refractivity contribution in [1.82, 2.24) is 5.32 Å². The van der Waals surface area contributed by atoms with Crippen LogP contribution in [0.5, 0.6) is 0 Å². The number of anilines is 1. The summed E-state index contributed by atoms with van der Waals surface area (Å²) in [5.41, 5.74) is 6.10. The van der Waals surface area contributed by atoms with Crippen LogP contribution in [-0.4, -0.2) is 25.0 Å². The average Bonchev–Trinajstić information content (AvgIpc) is 2.33. The molecule has 0 aliphatic heterocycles. The van der Waals surface area contributed by atoms with Crippen molar-refractivity contribution >= 4 is 40.8 Å². The Bertz CT molecular complexity index is 492. The Labute approximate surface area is 121 Å². The van der Waals surface area contributed by atoms with Crippen LogP contribution in [-0.2, 0) is 9.53 Å². The molecule has 7 heteroatoms. The van der Waals surface area contributed by atoms with E-state index in [4.69, 9.17) is 33.7 Å². The molecule has 0 aliphatic rings. The Morgan fingerprint density at radius 2 is 2.05 bits per heavy atom. The van der Waals surface area contributed by atoms with Gasteiger partial charge in [-0.25, -0.2) is 0 Å². The molecule has 0 unspecified atom stereocenters. The summed E-state index contributed by atoms with van der Waals surface area (Å²) in [7, 11) is 0. The number of ether oxygens (including phenoxy) is 1. The number of halogens is 2. The number of hydrogen-bond acceptors (Lipinski definition) is 4. The molecule has 0 aromatic heterocycles. The maximum absolute atomic E-state index is 11.8. The number of carbonyl (C=O) groups is 2. The topological polar surface area (TPSA) is 81.4 Å². The molecule has 0 atom stereocenters. The van der Waals surface area contributed by atoms with Gasteiger partial charge in [0.15, 0.2) is 0 Å². The van der Waals surface area contributed by atoms with Crippen molar-refractivity contribution in [3.63, 3.8) is 0 Å². The van der Waals surface area contributed by atoms with Crippen LogP contribution in [0.2, 0.25) is 10.0 Å². The molecule has 0 saturated heterocycles. The van der Waals surface area contributed by atoms with E-state index >= 15 is 0 Å². The van der Waals surface area contributed by atoms with E-state index in [2.05, 4.69) is 5.32 Å². The Kier molecular flexibility index (Phi) is 5.92. The zero-order valence-electron chi connectivity index (χ0n) is 10.3. The van der Waals surface area contributed by atoms with E-state index in [-0.39, 0.29) is 34.5 Å². The number of esters is 1. The van der Waals surface area contributed by atoms with Gasteiger partial charge in [0.25, 0.3) is 5.91 Å². The highest BCUT2D eigenvalue weighted by atomic mass is 35.5. The smallest absolute Gasteiger partial charge is 0.307 e. The maximum atomic E-state index is 11.8. The number of carbonyl (C=O) groups excluding carboxylic acids is 2. The fourth-order valence-electron chi connectivity index (χ4n) is 1.38. The second-order valence-corrected chi connectivity index (χ2v) is 4.46. The molecule has 0 spiro atoms. The fraction of sp³-hybridized carbons (Fsp3) is 0.333. The van der Waals surface area contributed by atoms with E-state index in [9.17, 15) is 9.59 Å². The monoisotopic (exact) mass is 304 g/mol. The maximum Gasteiger partial charge on any atom is 0.307 e. The Morgan fingerprint density at radius 3 is 2.68 bits per heavy atom. The third-order valence-corrected chi connectivity index (χ3v) is 3.02. The van der Waals surface area contributed by atoms with Gasteiger partial charge in [0.2, 0.25) is 0 Å². The van der Waals surface area contributed by atoms with Crippen molar-refractivity contribution in [2.45, 2.75) is 13.3 Å².